The summed E-state index contributed by atoms with van der Waals surface area (Å²) in [6.07, 6.45) is 18.7. The SMILES string of the molecule is CCCCCCCCCCCCC/C=C/[C@@H](O)[C@H](CO)NCl. The van der Waals surface area contributed by atoms with E-state index in [1.807, 2.05) is 6.08 Å². The lowest BCUT2D eigenvalue weighted by atomic mass is 10.0. The zero-order chi connectivity index (χ0) is 16.5. The van der Waals surface area contributed by atoms with E-state index in [0.717, 1.165) is 12.8 Å². The molecule has 0 heterocycles. The number of nitrogens with one attached hydrogen (secondary N) is 1. The lowest BCUT2D eigenvalue weighted by molar-refractivity contribution is 0.136. The van der Waals surface area contributed by atoms with E-state index < -0.39 is 12.1 Å². The Labute approximate surface area is 142 Å². The Morgan fingerprint density at radius 2 is 1.41 bits per heavy atom. The van der Waals surface area contributed by atoms with Gasteiger partial charge in [-0.1, -0.05) is 83.3 Å². The van der Waals surface area contributed by atoms with Gasteiger partial charge in [0, 0.05) is 0 Å². The Bertz CT molecular complexity index is 245. The molecule has 0 radical (unpaired) electrons. The van der Waals surface area contributed by atoms with Crippen LogP contribution in [0.1, 0.15) is 84.0 Å². The number of allylic oxidation sites excluding steroid dienone is 1. The van der Waals surface area contributed by atoms with E-state index in [9.17, 15) is 5.11 Å². The smallest absolute Gasteiger partial charge is 0.0909 e. The van der Waals surface area contributed by atoms with Gasteiger partial charge in [0.05, 0.1) is 18.8 Å². The Morgan fingerprint density at radius 3 is 1.86 bits per heavy atom. The monoisotopic (exact) mass is 333 g/mol. The van der Waals surface area contributed by atoms with Crippen LogP contribution in [0.5, 0.6) is 0 Å². The topological polar surface area (TPSA) is 52.5 Å². The van der Waals surface area contributed by atoms with Gasteiger partial charge < -0.3 is 10.2 Å². The normalized spacial score (nSPS) is 14.5. The lowest BCUT2D eigenvalue weighted by Gasteiger charge is -2.15. The second kappa shape index (κ2) is 17.3. The maximum Gasteiger partial charge on any atom is 0.0909 e. The molecule has 0 rings (SSSR count). The van der Waals surface area contributed by atoms with Gasteiger partial charge in [-0.25, -0.2) is 4.84 Å². The van der Waals surface area contributed by atoms with Crippen molar-refractivity contribution in [1.29, 1.82) is 0 Å². The molecule has 0 aliphatic heterocycles. The van der Waals surface area contributed by atoms with E-state index in [0.29, 0.717) is 0 Å². The number of unbranched alkanes of at least 4 members (excludes halogenated alkanes) is 11. The highest BCUT2D eigenvalue weighted by molar-refractivity contribution is 6.13. The van der Waals surface area contributed by atoms with Crippen LogP contribution in [-0.4, -0.2) is 29.0 Å². The molecule has 0 aromatic rings. The largest absolute Gasteiger partial charge is 0.395 e. The molecule has 0 saturated carbocycles. The van der Waals surface area contributed by atoms with Crippen molar-refractivity contribution in [2.45, 2.75) is 96.1 Å². The fourth-order valence-corrected chi connectivity index (χ4v) is 2.70. The standard InChI is InChI=1S/C18H36ClNO2/c1-2-3-4-5-6-7-8-9-10-11-12-13-14-15-18(22)17(16-21)20-19/h14-15,17-18,20-22H,2-13,16H2,1H3/b15-14+/t17-,18+/m0/s1. The Balaban J connectivity index is 3.29. The van der Waals surface area contributed by atoms with Gasteiger partial charge >= 0.3 is 0 Å². The third-order valence-electron chi connectivity index (χ3n) is 4.06. The molecule has 3 nitrogen and oxygen atoms in total. The number of hydrogen-bond donors (Lipinski definition) is 3. The van der Waals surface area contributed by atoms with Crippen LogP contribution in [-0.2, 0) is 0 Å². The molecule has 0 aromatic heterocycles. The van der Waals surface area contributed by atoms with Crippen LogP contribution in [0.4, 0.5) is 0 Å². The average Bonchev–Trinajstić information content (AvgIpc) is 2.53. The molecule has 4 heteroatoms. The van der Waals surface area contributed by atoms with E-state index >= 15 is 0 Å². The first-order valence-electron chi connectivity index (χ1n) is 9.08. The molecule has 132 valence electrons. The molecule has 0 amide bonds. The quantitative estimate of drug-likeness (QED) is 0.218. The zero-order valence-electron chi connectivity index (χ0n) is 14.3. The van der Waals surface area contributed by atoms with Gasteiger partial charge in [-0.3, -0.25) is 0 Å². The van der Waals surface area contributed by atoms with Crippen molar-refractivity contribution in [3.63, 3.8) is 0 Å². The van der Waals surface area contributed by atoms with Crippen molar-refractivity contribution in [3.8, 4) is 0 Å². The number of rotatable bonds is 16. The fourth-order valence-electron chi connectivity index (χ4n) is 2.50. The van der Waals surface area contributed by atoms with Crippen LogP contribution >= 0.6 is 11.8 Å². The second-order valence-electron chi connectivity index (χ2n) is 6.14. The van der Waals surface area contributed by atoms with E-state index in [4.69, 9.17) is 16.9 Å². The van der Waals surface area contributed by atoms with Gasteiger partial charge in [-0.15, -0.1) is 0 Å². The van der Waals surface area contributed by atoms with Gasteiger partial charge in [-0.2, -0.15) is 0 Å². The highest BCUT2D eigenvalue weighted by atomic mass is 35.5. The molecule has 0 aliphatic carbocycles. The third kappa shape index (κ3) is 13.6. The second-order valence-corrected chi connectivity index (χ2v) is 6.36. The van der Waals surface area contributed by atoms with Crippen molar-refractivity contribution >= 4 is 11.8 Å². The van der Waals surface area contributed by atoms with E-state index in [2.05, 4.69) is 11.8 Å². The maximum absolute atomic E-state index is 9.69. The molecule has 0 saturated heterocycles. The zero-order valence-corrected chi connectivity index (χ0v) is 15.0. The minimum Gasteiger partial charge on any atom is -0.395 e. The van der Waals surface area contributed by atoms with Crippen LogP contribution in [0.2, 0.25) is 0 Å². The Kier molecular flexibility index (Phi) is 17.2. The number of aliphatic hydroxyl groups excluding tert-OH is 2. The molecule has 0 unspecified atom stereocenters. The predicted molar refractivity (Wildman–Crippen MR) is 96.1 cm³/mol. The molecule has 0 bridgehead atoms. The summed E-state index contributed by atoms with van der Waals surface area (Å²) in [4.78, 5) is 2.37. The summed E-state index contributed by atoms with van der Waals surface area (Å²) in [5.74, 6) is 0. The molecule has 22 heavy (non-hydrogen) atoms. The Hall–Kier alpha value is -0.0900. The minimum atomic E-state index is -0.727. The maximum atomic E-state index is 9.69. The summed E-state index contributed by atoms with van der Waals surface area (Å²) in [6.45, 7) is 2.09. The van der Waals surface area contributed by atoms with Crippen LogP contribution < -0.4 is 4.84 Å². The number of hydrogen-bond acceptors (Lipinski definition) is 3. The molecule has 2 atom stereocenters. The molecular weight excluding hydrogens is 298 g/mol. The highest BCUT2D eigenvalue weighted by Crippen LogP contribution is 2.12. The molecule has 0 fully saturated rings. The van der Waals surface area contributed by atoms with Gasteiger partial charge in [0.15, 0.2) is 0 Å². The first-order valence-corrected chi connectivity index (χ1v) is 9.45. The number of aliphatic hydroxyl groups is 2. The van der Waals surface area contributed by atoms with Crippen LogP contribution in [0, 0.1) is 0 Å². The highest BCUT2D eigenvalue weighted by Gasteiger charge is 2.13. The van der Waals surface area contributed by atoms with Crippen molar-refractivity contribution < 1.29 is 10.2 Å². The fraction of sp³-hybridized carbons (Fsp3) is 0.889. The Morgan fingerprint density at radius 1 is 0.909 bits per heavy atom. The summed E-state index contributed by atoms with van der Waals surface area (Å²) in [6, 6.07) is -0.491. The molecular formula is C18H36ClNO2. The lowest BCUT2D eigenvalue weighted by Crippen LogP contribution is -2.36. The van der Waals surface area contributed by atoms with Crippen LogP contribution in [0.15, 0.2) is 12.2 Å². The number of halogens is 1. The third-order valence-corrected chi connectivity index (χ3v) is 4.34. The van der Waals surface area contributed by atoms with Crippen molar-refractivity contribution in [1.82, 2.24) is 4.84 Å². The minimum absolute atomic E-state index is 0.173. The van der Waals surface area contributed by atoms with Gasteiger partial charge in [0.2, 0.25) is 0 Å². The van der Waals surface area contributed by atoms with E-state index in [1.165, 1.54) is 64.2 Å². The average molecular weight is 334 g/mol. The van der Waals surface area contributed by atoms with Crippen molar-refractivity contribution in [2.75, 3.05) is 6.61 Å². The first-order chi connectivity index (χ1) is 10.8. The molecule has 0 aliphatic rings. The first kappa shape index (κ1) is 21.9. The molecule has 0 aromatic carbocycles. The van der Waals surface area contributed by atoms with Crippen molar-refractivity contribution in [3.05, 3.63) is 12.2 Å². The van der Waals surface area contributed by atoms with E-state index in [-0.39, 0.29) is 6.61 Å². The summed E-state index contributed by atoms with van der Waals surface area (Å²) in [7, 11) is 0. The summed E-state index contributed by atoms with van der Waals surface area (Å²) < 4.78 is 0. The molecule has 3 N–H and O–H groups in total. The summed E-state index contributed by atoms with van der Waals surface area (Å²) in [5.41, 5.74) is 0. The molecule has 0 spiro atoms. The van der Waals surface area contributed by atoms with Crippen LogP contribution in [0.3, 0.4) is 0 Å². The van der Waals surface area contributed by atoms with Crippen molar-refractivity contribution in [2.24, 2.45) is 0 Å². The summed E-state index contributed by atoms with van der Waals surface area (Å²) >= 11 is 5.42. The van der Waals surface area contributed by atoms with E-state index in [1.54, 1.807) is 6.08 Å². The van der Waals surface area contributed by atoms with Crippen LogP contribution in [0.25, 0.3) is 0 Å². The van der Waals surface area contributed by atoms with Gasteiger partial charge in [0.1, 0.15) is 0 Å². The predicted octanol–water partition coefficient (Wildman–Crippen LogP) is 4.71. The van der Waals surface area contributed by atoms with Gasteiger partial charge in [-0.05, 0) is 24.6 Å². The summed E-state index contributed by atoms with van der Waals surface area (Å²) in [5, 5.41) is 18.7. The van der Waals surface area contributed by atoms with Gasteiger partial charge in [0.25, 0.3) is 0 Å².